The van der Waals surface area contributed by atoms with Crippen molar-refractivity contribution in [2.45, 2.75) is 38.6 Å². The fourth-order valence-electron chi connectivity index (χ4n) is 4.89. The molecule has 3 aromatic rings. The number of anilines is 1. The molecule has 134 valence electrons. The maximum absolute atomic E-state index is 4.86. The van der Waals surface area contributed by atoms with Crippen LogP contribution in [0.15, 0.2) is 24.9 Å². The van der Waals surface area contributed by atoms with Gasteiger partial charge >= 0.3 is 0 Å². The maximum atomic E-state index is 4.86. The van der Waals surface area contributed by atoms with Gasteiger partial charge in [-0.3, -0.25) is 0 Å². The van der Waals surface area contributed by atoms with Gasteiger partial charge in [0.05, 0.1) is 0 Å². The summed E-state index contributed by atoms with van der Waals surface area (Å²) in [5, 5.41) is 5.72. The van der Waals surface area contributed by atoms with Crippen LogP contribution in [0.5, 0.6) is 0 Å². The molecule has 5 atom stereocenters. The van der Waals surface area contributed by atoms with Crippen molar-refractivity contribution < 1.29 is 0 Å². The number of H-pyrrole nitrogens is 1. The van der Waals surface area contributed by atoms with Crippen molar-refractivity contribution in [3.8, 4) is 11.4 Å². The molecule has 0 saturated heterocycles. The molecule has 7 heteroatoms. The van der Waals surface area contributed by atoms with Crippen molar-refractivity contribution in [1.29, 1.82) is 0 Å². The van der Waals surface area contributed by atoms with Gasteiger partial charge in [-0.05, 0) is 37.0 Å². The van der Waals surface area contributed by atoms with E-state index in [-0.39, 0.29) is 0 Å². The molecule has 2 N–H and O–H groups in total. The van der Waals surface area contributed by atoms with Crippen molar-refractivity contribution in [2.75, 3.05) is 5.32 Å². The minimum absolute atomic E-state index is 0.502. The zero-order chi connectivity index (χ0) is 17.7. The topological polar surface area (TPSA) is 79.4 Å². The Hall–Kier alpha value is -2.07. The standard InChI is InChI=1S/C19H23N6P/c1-10-4-11-2-3-12(5-11)16(10)24-19-15(26)8-22-18(25-19)14-7-21-17-13(14)6-20-9-23-17/h6-12,16H,2-5,26H2,1H3,(H,20,21,23)(H,22,24,25)/t10?,11-,12-,16?/m0/s1. The number of fused-ring (bicyclic) bond motifs is 3. The van der Waals surface area contributed by atoms with E-state index in [0.717, 1.165) is 39.6 Å². The van der Waals surface area contributed by atoms with Crippen LogP contribution in [0.3, 0.4) is 0 Å². The van der Waals surface area contributed by atoms with Crippen LogP contribution in [-0.4, -0.2) is 31.0 Å². The minimum Gasteiger partial charge on any atom is -0.366 e. The number of hydrogen-bond donors (Lipinski definition) is 2. The molecule has 0 radical (unpaired) electrons. The van der Waals surface area contributed by atoms with Gasteiger partial charge < -0.3 is 10.3 Å². The summed E-state index contributed by atoms with van der Waals surface area (Å²) in [5.41, 5.74) is 1.74. The molecule has 0 spiro atoms. The largest absolute Gasteiger partial charge is 0.366 e. The van der Waals surface area contributed by atoms with Gasteiger partial charge in [0.25, 0.3) is 0 Å². The molecular weight excluding hydrogens is 343 g/mol. The molecule has 2 saturated carbocycles. The molecule has 2 bridgehead atoms. The molecule has 26 heavy (non-hydrogen) atoms. The van der Waals surface area contributed by atoms with Gasteiger partial charge in [0.1, 0.15) is 17.8 Å². The number of aromatic amines is 1. The first-order valence-electron chi connectivity index (χ1n) is 9.35. The fraction of sp³-hybridized carbons (Fsp3) is 0.474. The van der Waals surface area contributed by atoms with Crippen LogP contribution in [-0.2, 0) is 0 Å². The Labute approximate surface area is 154 Å². The van der Waals surface area contributed by atoms with Crippen molar-refractivity contribution in [1.82, 2.24) is 24.9 Å². The smallest absolute Gasteiger partial charge is 0.163 e. The average Bonchev–Trinajstić information content (AvgIpc) is 3.25. The molecule has 3 unspecified atom stereocenters. The predicted octanol–water partition coefficient (Wildman–Crippen LogP) is 3.15. The molecule has 2 fully saturated rings. The van der Waals surface area contributed by atoms with Crippen molar-refractivity contribution >= 4 is 31.4 Å². The third kappa shape index (κ3) is 2.67. The second-order valence-electron chi connectivity index (χ2n) is 7.81. The SMILES string of the molecule is CC1C[C@@H]2CC[C@@H](C2)C1Nc1nc(-c2c[nH]c3ncncc23)ncc1P. The highest BCUT2D eigenvalue weighted by atomic mass is 31.0. The normalized spacial score (nSPS) is 27.8. The molecule has 2 aliphatic carbocycles. The van der Waals surface area contributed by atoms with Gasteiger partial charge in [0, 0.05) is 40.9 Å². The molecule has 0 aromatic carbocycles. The van der Waals surface area contributed by atoms with E-state index in [0.29, 0.717) is 17.8 Å². The van der Waals surface area contributed by atoms with Crippen molar-refractivity contribution in [3.63, 3.8) is 0 Å². The lowest BCUT2D eigenvalue weighted by atomic mass is 9.78. The fourth-order valence-corrected chi connectivity index (χ4v) is 5.11. The summed E-state index contributed by atoms with van der Waals surface area (Å²) < 4.78 is 0. The zero-order valence-electron chi connectivity index (χ0n) is 14.8. The Morgan fingerprint density at radius 2 is 2.12 bits per heavy atom. The van der Waals surface area contributed by atoms with Gasteiger partial charge in [0.2, 0.25) is 0 Å². The highest BCUT2D eigenvalue weighted by molar-refractivity contribution is 7.28. The Kier molecular flexibility index (Phi) is 3.89. The van der Waals surface area contributed by atoms with Gasteiger partial charge in [-0.25, -0.2) is 19.9 Å². The van der Waals surface area contributed by atoms with Crippen LogP contribution < -0.4 is 10.6 Å². The van der Waals surface area contributed by atoms with E-state index in [1.807, 2.05) is 12.4 Å². The highest BCUT2D eigenvalue weighted by Gasteiger charge is 2.40. The third-order valence-corrected chi connectivity index (χ3v) is 6.55. The lowest BCUT2D eigenvalue weighted by molar-refractivity contribution is 0.250. The van der Waals surface area contributed by atoms with E-state index in [4.69, 9.17) is 4.98 Å². The molecular formula is C19H23N6P. The van der Waals surface area contributed by atoms with Crippen LogP contribution in [0.2, 0.25) is 0 Å². The summed E-state index contributed by atoms with van der Waals surface area (Å²) in [7, 11) is 2.76. The summed E-state index contributed by atoms with van der Waals surface area (Å²) in [6.07, 6.45) is 12.6. The Morgan fingerprint density at radius 1 is 1.19 bits per heavy atom. The van der Waals surface area contributed by atoms with Crippen LogP contribution in [0.25, 0.3) is 22.4 Å². The molecule has 0 aliphatic heterocycles. The molecule has 3 heterocycles. The van der Waals surface area contributed by atoms with E-state index in [2.05, 4.69) is 41.4 Å². The first-order chi connectivity index (χ1) is 12.7. The molecule has 6 nitrogen and oxygen atoms in total. The van der Waals surface area contributed by atoms with Gasteiger partial charge in [-0.1, -0.05) is 22.6 Å². The predicted molar refractivity (Wildman–Crippen MR) is 106 cm³/mol. The van der Waals surface area contributed by atoms with E-state index >= 15 is 0 Å². The van der Waals surface area contributed by atoms with Crippen molar-refractivity contribution in [2.24, 2.45) is 17.8 Å². The van der Waals surface area contributed by atoms with E-state index in [1.54, 1.807) is 12.5 Å². The summed E-state index contributed by atoms with van der Waals surface area (Å²) in [6, 6.07) is 0.502. The first-order valence-corrected chi connectivity index (χ1v) is 9.93. The number of aromatic nitrogens is 5. The minimum atomic E-state index is 0.502. The Morgan fingerprint density at radius 3 is 3.04 bits per heavy atom. The molecule has 0 amide bonds. The number of nitrogens with zero attached hydrogens (tertiary/aromatic N) is 4. The summed E-state index contributed by atoms with van der Waals surface area (Å²) in [4.78, 5) is 21.0. The van der Waals surface area contributed by atoms with Crippen LogP contribution in [0.4, 0.5) is 5.82 Å². The Bertz CT molecular complexity index is 954. The quantitative estimate of drug-likeness (QED) is 0.696. The number of nitrogens with one attached hydrogen (secondary N) is 2. The highest BCUT2D eigenvalue weighted by Crippen LogP contribution is 2.45. The second kappa shape index (κ2) is 6.27. The summed E-state index contributed by atoms with van der Waals surface area (Å²) in [5.74, 6) is 4.02. The van der Waals surface area contributed by atoms with E-state index in [1.165, 1.54) is 25.7 Å². The zero-order valence-corrected chi connectivity index (χ0v) is 16.0. The Balaban J connectivity index is 1.49. The average molecular weight is 366 g/mol. The number of hydrogen-bond acceptors (Lipinski definition) is 5. The molecule has 3 aromatic heterocycles. The lowest BCUT2D eigenvalue weighted by Gasteiger charge is -2.36. The van der Waals surface area contributed by atoms with Crippen molar-refractivity contribution in [3.05, 3.63) is 24.9 Å². The van der Waals surface area contributed by atoms with E-state index < -0.39 is 0 Å². The third-order valence-electron chi connectivity index (χ3n) is 6.12. The molecule has 2 aliphatic rings. The van der Waals surface area contributed by atoms with Gasteiger partial charge in [-0.15, -0.1) is 0 Å². The summed E-state index contributed by atoms with van der Waals surface area (Å²) in [6.45, 7) is 2.38. The lowest BCUT2D eigenvalue weighted by Crippen LogP contribution is -2.39. The summed E-state index contributed by atoms with van der Waals surface area (Å²) >= 11 is 0. The van der Waals surface area contributed by atoms with Crippen LogP contribution in [0.1, 0.15) is 32.6 Å². The maximum Gasteiger partial charge on any atom is 0.163 e. The number of rotatable bonds is 3. The molecule has 5 rings (SSSR count). The second-order valence-corrected chi connectivity index (χ2v) is 8.43. The first kappa shape index (κ1) is 16.1. The van der Waals surface area contributed by atoms with Gasteiger partial charge in [-0.2, -0.15) is 0 Å². The van der Waals surface area contributed by atoms with Crippen LogP contribution in [0, 0.1) is 17.8 Å². The van der Waals surface area contributed by atoms with Gasteiger partial charge in [0.15, 0.2) is 5.82 Å². The van der Waals surface area contributed by atoms with Crippen LogP contribution >= 0.6 is 9.24 Å². The monoisotopic (exact) mass is 366 g/mol. The van der Waals surface area contributed by atoms with E-state index in [9.17, 15) is 0 Å².